The summed E-state index contributed by atoms with van der Waals surface area (Å²) < 4.78 is 11.3. The number of carbonyl (C=O) groups excluding carboxylic acids is 1. The first kappa shape index (κ1) is 21.3. The van der Waals surface area contributed by atoms with Crippen molar-refractivity contribution in [1.82, 2.24) is 15.1 Å². The predicted octanol–water partition coefficient (Wildman–Crippen LogP) is 4.21. The Morgan fingerprint density at radius 1 is 1.03 bits per heavy atom. The van der Waals surface area contributed by atoms with Gasteiger partial charge in [-0.3, -0.25) is 0 Å². The van der Waals surface area contributed by atoms with Crippen molar-refractivity contribution in [2.45, 2.75) is 57.9 Å². The quantitative estimate of drug-likeness (QED) is 0.783. The number of hydrogen-bond acceptors (Lipinski definition) is 4. The zero-order valence-corrected chi connectivity index (χ0v) is 18.4. The number of nitrogens with zero attached hydrogens (tertiary/aromatic N) is 2. The molecular formula is C24H37N3O3. The van der Waals surface area contributed by atoms with E-state index < -0.39 is 0 Å². The van der Waals surface area contributed by atoms with Crippen LogP contribution in [0.5, 0.6) is 11.5 Å². The highest BCUT2D eigenvalue weighted by Crippen LogP contribution is 2.33. The molecule has 1 aromatic carbocycles. The third kappa shape index (κ3) is 5.39. The zero-order valence-electron chi connectivity index (χ0n) is 18.4. The molecule has 1 atom stereocenters. The molecule has 1 N–H and O–H groups in total. The van der Waals surface area contributed by atoms with Crippen molar-refractivity contribution < 1.29 is 14.3 Å². The largest absolute Gasteiger partial charge is 0.486 e. The van der Waals surface area contributed by atoms with Gasteiger partial charge in [-0.1, -0.05) is 32.3 Å². The third-order valence-electron chi connectivity index (χ3n) is 6.79. The summed E-state index contributed by atoms with van der Waals surface area (Å²) in [7, 11) is 0. The molecule has 2 amide bonds. The Bertz CT molecular complexity index is 705. The second kappa shape index (κ2) is 10.4. The van der Waals surface area contributed by atoms with Crippen LogP contribution in [-0.4, -0.2) is 61.8 Å². The van der Waals surface area contributed by atoms with Crippen LogP contribution in [0.15, 0.2) is 18.2 Å². The minimum absolute atomic E-state index is 0.0186. The fourth-order valence-electron chi connectivity index (χ4n) is 5.03. The molecule has 4 rings (SSSR count). The normalized spacial score (nSPS) is 21.7. The van der Waals surface area contributed by atoms with E-state index in [0.29, 0.717) is 13.2 Å². The van der Waals surface area contributed by atoms with E-state index in [1.54, 1.807) is 0 Å². The molecule has 0 radical (unpaired) electrons. The number of hydrogen-bond donors (Lipinski definition) is 1. The number of rotatable bonds is 5. The maximum Gasteiger partial charge on any atom is 0.317 e. The maximum atomic E-state index is 13.0. The van der Waals surface area contributed by atoms with Gasteiger partial charge in [0.2, 0.25) is 0 Å². The fourth-order valence-corrected chi connectivity index (χ4v) is 5.03. The second-order valence-electron chi connectivity index (χ2n) is 8.96. The van der Waals surface area contributed by atoms with Crippen molar-refractivity contribution >= 4 is 6.03 Å². The lowest BCUT2D eigenvalue weighted by Crippen LogP contribution is -2.43. The van der Waals surface area contributed by atoms with Gasteiger partial charge in [-0.25, -0.2) is 4.79 Å². The standard InChI is InChI=1S/C24H37N3O3/c1-2-21(20-9-10-22-23(17-20)30-16-15-29-22)25-24(28)27-12-6-11-26(13-14-27)18-19-7-4-3-5-8-19/h9-10,17,19,21H,2-8,11-16,18H2,1H3,(H,25,28)/t21-/m0/s1. The van der Waals surface area contributed by atoms with Crippen molar-refractivity contribution in [3.8, 4) is 11.5 Å². The first-order valence-electron chi connectivity index (χ1n) is 11.9. The minimum atomic E-state index is -0.0186. The Kier molecular flexibility index (Phi) is 7.37. The molecule has 3 aliphatic rings. The van der Waals surface area contributed by atoms with Crippen LogP contribution >= 0.6 is 0 Å². The summed E-state index contributed by atoms with van der Waals surface area (Å²) in [5.41, 5.74) is 1.07. The Morgan fingerprint density at radius 2 is 1.83 bits per heavy atom. The molecule has 1 saturated carbocycles. The Hall–Kier alpha value is -1.95. The van der Waals surface area contributed by atoms with E-state index >= 15 is 0 Å². The number of carbonyl (C=O) groups is 1. The van der Waals surface area contributed by atoms with Crippen molar-refractivity contribution in [3.05, 3.63) is 23.8 Å². The van der Waals surface area contributed by atoms with Crippen LogP contribution in [0, 0.1) is 5.92 Å². The molecule has 2 aliphatic heterocycles. The van der Waals surface area contributed by atoms with E-state index in [-0.39, 0.29) is 12.1 Å². The van der Waals surface area contributed by atoms with Gasteiger partial charge in [-0.2, -0.15) is 0 Å². The second-order valence-corrected chi connectivity index (χ2v) is 8.96. The maximum absolute atomic E-state index is 13.0. The van der Waals surface area contributed by atoms with Crippen LogP contribution in [0.4, 0.5) is 4.79 Å². The number of ether oxygens (including phenoxy) is 2. The zero-order chi connectivity index (χ0) is 20.8. The average molecular weight is 416 g/mol. The highest BCUT2D eigenvalue weighted by molar-refractivity contribution is 5.74. The minimum Gasteiger partial charge on any atom is -0.486 e. The van der Waals surface area contributed by atoms with Crippen LogP contribution in [0.25, 0.3) is 0 Å². The molecule has 6 heteroatoms. The monoisotopic (exact) mass is 415 g/mol. The van der Waals surface area contributed by atoms with Gasteiger partial charge in [0, 0.05) is 26.2 Å². The smallest absolute Gasteiger partial charge is 0.317 e. The molecule has 0 unspecified atom stereocenters. The summed E-state index contributed by atoms with van der Waals surface area (Å²) in [5, 5.41) is 3.26. The molecule has 0 bridgehead atoms. The van der Waals surface area contributed by atoms with Crippen LogP contribution in [0.3, 0.4) is 0 Å². The summed E-state index contributed by atoms with van der Waals surface area (Å²) in [6, 6.07) is 6.03. The lowest BCUT2D eigenvalue weighted by molar-refractivity contribution is 0.171. The van der Waals surface area contributed by atoms with E-state index in [1.165, 1.54) is 38.6 Å². The van der Waals surface area contributed by atoms with Gasteiger partial charge in [0.25, 0.3) is 0 Å². The summed E-state index contributed by atoms with van der Waals surface area (Å²) in [4.78, 5) is 17.6. The van der Waals surface area contributed by atoms with Crippen LogP contribution in [0.1, 0.15) is 63.5 Å². The van der Waals surface area contributed by atoms with Gasteiger partial charge >= 0.3 is 6.03 Å². The number of nitrogens with one attached hydrogen (secondary N) is 1. The average Bonchev–Trinajstić information content (AvgIpc) is 3.03. The molecule has 2 fully saturated rings. The van der Waals surface area contributed by atoms with Crippen LogP contribution in [-0.2, 0) is 0 Å². The Balaban J connectivity index is 1.31. The van der Waals surface area contributed by atoms with Gasteiger partial charge in [0.05, 0.1) is 6.04 Å². The molecule has 1 saturated heterocycles. The van der Waals surface area contributed by atoms with Gasteiger partial charge in [-0.15, -0.1) is 0 Å². The molecular weight excluding hydrogens is 378 g/mol. The van der Waals surface area contributed by atoms with Crippen molar-refractivity contribution in [3.63, 3.8) is 0 Å². The number of fused-ring (bicyclic) bond motifs is 1. The first-order valence-corrected chi connectivity index (χ1v) is 11.9. The number of benzene rings is 1. The number of amides is 2. The predicted molar refractivity (Wildman–Crippen MR) is 118 cm³/mol. The van der Waals surface area contributed by atoms with E-state index in [4.69, 9.17) is 9.47 Å². The fraction of sp³-hybridized carbons (Fsp3) is 0.708. The van der Waals surface area contributed by atoms with E-state index in [0.717, 1.165) is 62.0 Å². The number of urea groups is 1. The molecule has 1 aliphatic carbocycles. The SMILES string of the molecule is CC[C@H](NC(=O)N1CCCN(CC2CCCCC2)CC1)c1ccc2c(c1)OCCO2. The summed E-state index contributed by atoms with van der Waals surface area (Å²) in [6.45, 7) is 8.24. The Morgan fingerprint density at radius 3 is 2.63 bits per heavy atom. The highest BCUT2D eigenvalue weighted by Gasteiger charge is 2.24. The lowest BCUT2D eigenvalue weighted by atomic mass is 9.89. The molecule has 2 heterocycles. The van der Waals surface area contributed by atoms with Gasteiger partial charge in [0.15, 0.2) is 11.5 Å². The van der Waals surface area contributed by atoms with E-state index in [1.807, 2.05) is 23.1 Å². The van der Waals surface area contributed by atoms with Crippen molar-refractivity contribution in [1.29, 1.82) is 0 Å². The molecule has 30 heavy (non-hydrogen) atoms. The van der Waals surface area contributed by atoms with Crippen LogP contribution in [0.2, 0.25) is 0 Å². The molecule has 0 aromatic heterocycles. The molecule has 166 valence electrons. The molecule has 0 spiro atoms. The van der Waals surface area contributed by atoms with Crippen LogP contribution < -0.4 is 14.8 Å². The summed E-state index contributed by atoms with van der Waals surface area (Å²) in [6.07, 6.45) is 8.86. The van der Waals surface area contributed by atoms with Gasteiger partial charge < -0.3 is 24.6 Å². The molecule has 6 nitrogen and oxygen atoms in total. The van der Waals surface area contributed by atoms with Crippen molar-refractivity contribution in [2.75, 3.05) is 45.9 Å². The topological polar surface area (TPSA) is 54.0 Å². The van der Waals surface area contributed by atoms with E-state index in [9.17, 15) is 4.79 Å². The van der Waals surface area contributed by atoms with Gasteiger partial charge in [0.1, 0.15) is 13.2 Å². The van der Waals surface area contributed by atoms with Gasteiger partial charge in [-0.05, 0) is 55.8 Å². The van der Waals surface area contributed by atoms with Crippen molar-refractivity contribution in [2.24, 2.45) is 5.92 Å². The Labute approximate surface area is 180 Å². The lowest BCUT2D eigenvalue weighted by Gasteiger charge is -2.29. The summed E-state index contributed by atoms with van der Waals surface area (Å²) >= 11 is 0. The first-order chi connectivity index (χ1) is 14.7. The summed E-state index contributed by atoms with van der Waals surface area (Å²) in [5.74, 6) is 2.43. The third-order valence-corrected chi connectivity index (χ3v) is 6.79. The van der Waals surface area contributed by atoms with E-state index in [2.05, 4.69) is 17.1 Å². The highest BCUT2D eigenvalue weighted by atomic mass is 16.6. The molecule has 1 aromatic rings.